The first kappa shape index (κ1) is 35.6. The molecule has 0 radical (unpaired) electrons. The van der Waals surface area contributed by atoms with Crippen LogP contribution in [0.25, 0.3) is 82.8 Å². The van der Waals surface area contributed by atoms with E-state index in [-0.39, 0.29) is 6.17 Å². The van der Waals surface area contributed by atoms with Crippen LogP contribution in [0.1, 0.15) is 22.9 Å². The third-order valence-corrected chi connectivity index (χ3v) is 12.1. The molecule has 9 aromatic carbocycles. The normalized spacial score (nSPS) is 14.0. The van der Waals surface area contributed by atoms with Crippen molar-refractivity contribution in [3.8, 4) is 39.1 Å². The summed E-state index contributed by atoms with van der Waals surface area (Å²) in [6.07, 6.45) is -0.361. The van der Waals surface area contributed by atoms with Crippen molar-refractivity contribution in [2.75, 3.05) is 0 Å². The first-order chi connectivity index (χ1) is 30.7. The maximum absolute atomic E-state index is 6.96. The maximum atomic E-state index is 6.96. The highest BCUT2D eigenvalue weighted by atomic mass is 16.3. The lowest BCUT2D eigenvalue weighted by atomic mass is 10.0. The first-order valence-corrected chi connectivity index (χ1v) is 21.0. The zero-order valence-electron chi connectivity index (χ0n) is 33.6. The molecule has 292 valence electrons. The molecule has 0 fully saturated rings. The Morgan fingerprint density at radius 3 is 1.74 bits per heavy atom. The van der Waals surface area contributed by atoms with Crippen molar-refractivity contribution < 1.29 is 4.42 Å². The molecule has 1 atom stereocenters. The van der Waals surface area contributed by atoms with Crippen LogP contribution in [0.3, 0.4) is 0 Å². The van der Waals surface area contributed by atoms with Crippen LogP contribution in [0.5, 0.6) is 0 Å². The van der Waals surface area contributed by atoms with Crippen molar-refractivity contribution in [3.63, 3.8) is 0 Å². The van der Waals surface area contributed by atoms with E-state index in [0.29, 0.717) is 5.84 Å². The van der Waals surface area contributed by atoms with Crippen molar-refractivity contribution in [2.45, 2.75) is 6.17 Å². The molecule has 2 aromatic heterocycles. The largest absolute Gasteiger partial charge is 0.455 e. The molecule has 1 unspecified atom stereocenters. The molecule has 12 rings (SSSR count). The van der Waals surface area contributed by atoms with Gasteiger partial charge < -0.3 is 14.3 Å². The fraction of sp³-hybridized carbons (Fsp3) is 0.0175. The van der Waals surface area contributed by atoms with Crippen LogP contribution in [-0.2, 0) is 0 Å². The third kappa shape index (κ3) is 6.18. The summed E-state index contributed by atoms with van der Waals surface area (Å²) in [5, 5.41) is 8.05. The van der Waals surface area contributed by atoms with E-state index >= 15 is 0 Å². The number of furan rings is 1. The van der Waals surface area contributed by atoms with Gasteiger partial charge in [0.1, 0.15) is 23.2 Å². The summed E-state index contributed by atoms with van der Waals surface area (Å²) in [6, 6.07) is 76.9. The van der Waals surface area contributed by atoms with E-state index in [0.717, 1.165) is 88.6 Å². The molecule has 0 amide bonds. The Balaban J connectivity index is 0.984. The summed E-state index contributed by atoms with van der Waals surface area (Å²) < 4.78 is 9.31. The molecule has 1 aliphatic rings. The van der Waals surface area contributed by atoms with E-state index in [4.69, 9.17) is 14.4 Å². The number of amidine groups is 2. The lowest BCUT2D eigenvalue weighted by Gasteiger charge is -2.24. The first-order valence-electron chi connectivity index (χ1n) is 21.0. The number of fused-ring (bicyclic) bond motifs is 7. The van der Waals surface area contributed by atoms with Gasteiger partial charge in [-0.05, 0) is 87.5 Å². The summed E-state index contributed by atoms with van der Waals surface area (Å²) in [7, 11) is 0. The Hall–Kier alpha value is -8.28. The second-order valence-corrected chi connectivity index (χ2v) is 15.8. The van der Waals surface area contributed by atoms with Crippen molar-refractivity contribution in [3.05, 3.63) is 235 Å². The van der Waals surface area contributed by atoms with Gasteiger partial charge in [-0.3, -0.25) is 0 Å². The van der Waals surface area contributed by atoms with Gasteiger partial charge in [0.15, 0.2) is 5.84 Å². The Labute approximate surface area is 358 Å². The third-order valence-electron chi connectivity index (χ3n) is 12.1. The average Bonchev–Trinajstić information content (AvgIpc) is 3.90. The van der Waals surface area contributed by atoms with E-state index in [9.17, 15) is 0 Å². The maximum Gasteiger partial charge on any atom is 0.159 e. The molecule has 62 heavy (non-hydrogen) atoms. The van der Waals surface area contributed by atoms with Crippen LogP contribution < -0.4 is 5.32 Å². The minimum Gasteiger partial charge on any atom is -0.455 e. The van der Waals surface area contributed by atoms with Crippen LogP contribution in [-0.4, -0.2) is 16.2 Å². The van der Waals surface area contributed by atoms with Crippen LogP contribution >= 0.6 is 0 Å². The fourth-order valence-electron chi connectivity index (χ4n) is 9.02. The number of para-hydroxylation sites is 1. The number of aromatic nitrogens is 1. The number of hydrogen-bond donors (Lipinski definition) is 1. The van der Waals surface area contributed by atoms with Gasteiger partial charge >= 0.3 is 0 Å². The standard InChI is InChI=1S/C57H38N4O/c1-4-14-37(15-5-1)40-26-28-41(29-27-40)55-58-56(44-22-12-20-42(34-44)38-16-6-2-7-17-38)60-57(59-55)45-30-31-47-48-32-33-51-53(54(48)62-52(47)36-45)49-24-10-11-25-50(49)61(51)46-23-13-21-43(35-46)39-18-8-3-9-19-39/h1-36,55H,(H,58,59,60). The lowest BCUT2D eigenvalue weighted by molar-refractivity contribution is 0.670. The molecular formula is C57H38N4O. The second kappa shape index (κ2) is 14.8. The van der Waals surface area contributed by atoms with Gasteiger partial charge in [0.2, 0.25) is 0 Å². The van der Waals surface area contributed by atoms with Gasteiger partial charge in [0, 0.05) is 33.0 Å². The van der Waals surface area contributed by atoms with E-state index in [2.05, 4.69) is 216 Å². The highest BCUT2D eigenvalue weighted by molar-refractivity contribution is 6.24. The van der Waals surface area contributed by atoms with E-state index < -0.39 is 0 Å². The average molecular weight is 795 g/mol. The molecule has 1 N–H and O–H groups in total. The van der Waals surface area contributed by atoms with Crippen LogP contribution in [0.2, 0.25) is 0 Å². The number of aliphatic imine (C=N–C) groups is 2. The minimum atomic E-state index is -0.361. The van der Waals surface area contributed by atoms with E-state index in [1.807, 2.05) is 12.1 Å². The van der Waals surface area contributed by atoms with Crippen LogP contribution in [0, 0.1) is 0 Å². The fourth-order valence-corrected chi connectivity index (χ4v) is 9.02. The number of benzene rings is 9. The van der Waals surface area contributed by atoms with Gasteiger partial charge in [0.25, 0.3) is 0 Å². The highest BCUT2D eigenvalue weighted by Crippen LogP contribution is 2.41. The monoisotopic (exact) mass is 794 g/mol. The molecule has 0 saturated carbocycles. The van der Waals surface area contributed by atoms with Crippen molar-refractivity contribution in [2.24, 2.45) is 9.98 Å². The van der Waals surface area contributed by atoms with Gasteiger partial charge in [0.05, 0.1) is 16.4 Å². The Bertz CT molecular complexity index is 3530. The molecule has 0 aliphatic carbocycles. The van der Waals surface area contributed by atoms with Crippen LogP contribution in [0.15, 0.2) is 233 Å². The Morgan fingerprint density at radius 2 is 1.00 bits per heavy atom. The SMILES string of the molecule is c1ccc(-c2ccc(C3N=C(c4ccc5c(c4)oc4c5ccc5c4c4ccccc4n5-c4cccc(-c5ccccc5)c4)N=C(c4cccc(-c5ccccc5)c4)N3)cc2)cc1. The molecular weight excluding hydrogens is 757 g/mol. The molecule has 0 bridgehead atoms. The summed E-state index contributed by atoms with van der Waals surface area (Å²) >= 11 is 0. The zero-order valence-corrected chi connectivity index (χ0v) is 33.6. The number of nitrogens with one attached hydrogen (secondary N) is 1. The van der Waals surface area contributed by atoms with Crippen LogP contribution in [0.4, 0.5) is 0 Å². The topological polar surface area (TPSA) is 54.8 Å². The number of nitrogens with zero attached hydrogens (tertiary/aromatic N) is 3. The van der Waals surface area contributed by atoms with E-state index in [1.54, 1.807) is 0 Å². The van der Waals surface area contributed by atoms with Crippen molar-refractivity contribution in [1.29, 1.82) is 0 Å². The molecule has 3 heterocycles. The Morgan fingerprint density at radius 1 is 0.419 bits per heavy atom. The molecule has 0 spiro atoms. The minimum absolute atomic E-state index is 0.361. The summed E-state index contributed by atoms with van der Waals surface area (Å²) in [5.41, 5.74) is 14.9. The Kier molecular flexibility index (Phi) is 8.49. The van der Waals surface area contributed by atoms with E-state index in [1.165, 1.54) is 16.7 Å². The highest BCUT2D eigenvalue weighted by Gasteiger charge is 2.24. The van der Waals surface area contributed by atoms with Gasteiger partial charge in [-0.2, -0.15) is 0 Å². The van der Waals surface area contributed by atoms with Gasteiger partial charge in [-0.15, -0.1) is 0 Å². The molecule has 5 heteroatoms. The predicted molar refractivity (Wildman–Crippen MR) is 256 cm³/mol. The molecule has 1 aliphatic heterocycles. The quantitative estimate of drug-likeness (QED) is 0.175. The molecule has 11 aromatic rings. The molecule has 0 saturated heterocycles. The number of hydrogen-bond acceptors (Lipinski definition) is 4. The van der Waals surface area contributed by atoms with Gasteiger partial charge in [-0.1, -0.05) is 170 Å². The summed E-state index contributed by atoms with van der Waals surface area (Å²) in [4.78, 5) is 10.5. The number of rotatable bonds is 7. The molecule has 5 nitrogen and oxygen atoms in total. The summed E-state index contributed by atoms with van der Waals surface area (Å²) in [5.74, 6) is 1.41. The van der Waals surface area contributed by atoms with Crippen molar-refractivity contribution >= 4 is 55.4 Å². The lowest BCUT2D eigenvalue weighted by Crippen LogP contribution is -2.33. The second-order valence-electron chi connectivity index (χ2n) is 15.8. The van der Waals surface area contributed by atoms with Crippen molar-refractivity contribution in [1.82, 2.24) is 9.88 Å². The smallest absolute Gasteiger partial charge is 0.159 e. The summed E-state index contributed by atoms with van der Waals surface area (Å²) in [6.45, 7) is 0. The van der Waals surface area contributed by atoms with Gasteiger partial charge in [-0.25, -0.2) is 9.98 Å². The predicted octanol–water partition coefficient (Wildman–Crippen LogP) is 14.2. The zero-order chi connectivity index (χ0) is 41.0.